The van der Waals surface area contributed by atoms with Gasteiger partial charge in [0.1, 0.15) is 8.07 Å². The standard InChI is InChI=1S/C7H11BrN2Si/c1-11(2,3)6-4-5-9-7(8)10-6/h4-5H,1-3H3. The maximum atomic E-state index is 4.31. The van der Waals surface area contributed by atoms with Crippen molar-refractivity contribution in [3.05, 3.63) is 17.0 Å². The van der Waals surface area contributed by atoms with Gasteiger partial charge in [0.2, 0.25) is 0 Å². The van der Waals surface area contributed by atoms with Crippen molar-refractivity contribution in [2.45, 2.75) is 19.6 Å². The van der Waals surface area contributed by atoms with E-state index in [1.165, 1.54) is 5.32 Å². The molecule has 0 unspecified atom stereocenters. The zero-order valence-electron chi connectivity index (χ0n) is 6.93. The Morgan fingerprint density at radius 2 is 2.00 bits per heavy atom. The maximum Gasteiger partial charge on any atom is 0.196 e. The summed E-state index contributed by atoms with van der Waals surface area (Å²) in [6.45, 7) is 6.80. The van der Waals surface area contributed by atoms with Crippen molar-refractivity contribution < 1.29 is 0 Å². The van der Waals surface area contributed by atoms with Crippen molar-refractivity contribution in [2.24, 2.45) is 0 Å². The smallest absolute Gasteiger partial charge is 0.196 e. The van der Waals surface area contributed by atoms with Crippen molar-refractivity contribution in [2.75, 3.05) is 0 Å². The molecule has 0 fully saturated rings. The van der Waals surface area contributed by atoms with Crippen LogP contribution in [0.25, 0.3) is 0 Å². The molecule has 0 saturated carbocycles. The number of halogens is 1. The highest BCUT2D eigenvalue weighted by Crippen LogP contribution is 2.02. The van der Waals surface area contributed by atoms with E-state index in [4.69, 9.17) is 0 Å². The quantitative estimate of drug-likeness (QED) is 0.544. The van der Waals surface area contributed by atoms with Gasteiger partial charge in [-0.2, -0.15) is 0 Å². The highest BCUT2D eigenvalue weighted by molar-refractivity contribution is 9.10. The van der Waals surface area contributed by atoms with Gasteiger partial charge in [-0.25, -0.2) is 9.97 Å². The number of aromatic nitrogens is 2. The van der Waals surface area contributed by atoms with Gasteiger partial charge in [0.25, 0.3) is 0 Å². The van der Waals surface area contributed by atoms with E-state index in [1.807, 2.05) is 6.07 Å². The number of nitrogens with zero attached hydrogens (tertiary/aromatic N) is 2. The van der Waals surface area contributed by atoms with Crippen LogP contribution >= 0.6 is 15.9 Å². The third kappa shape index (κ3) is 2.38. The molecule has 0 amide bonds. The Kier molecular flexibility index (Phi) is 2.44. The Morgan fingerprint density at radius 3 is 2.36 bits per heavy atom. The second-order valence-electron chi connectivity index (χ2n) is 3.46. The molecule has 1 rings (SSSR count). The van der Waals surface area contributed by atoms with E-state index in [-0.39, 0.29) is 0 Å². The summed E-state index contributed by atoms with van der Waals surface area (Å²) in [6.07, 6.45) is 1.80. The van der Waals surface area contributed by atoms with Crippen LogP contribution in [0.3, 0.4) is 0 Å². The predicted octanol–water partition coefficient (Wildman–Crippen LogP) is 1.78. The predicted molar refractivity (Wildman–Crippen MR) is 52.7 cm³/mol. The zero-order chi connectivity index (χ0) is 8.48. The molecule has 0 atom stereocenters. The SMILES string of the molecule is C[Si](C)(C)c1ccnc(Br)n1. The van der Waals surface area contributed by atoms with Gasteiger partial charge in [0.05, 0.1) is 0 Å². The highest BCUT2D eigenvalue weighted by Gasteiger charge is 2.17. The Morgan fingerprint density at radius 1 is 1.36 bits per heavy atom. The van der Waals surface area contributed by atoms with Crippen LogP contribution in [-0.2, 0) is 0 Å². The monoisotopic (exact) mass is 230 g/mol. The molecule has 1 aromatic heterocycles. The zero-order valence-corrected chi connectivity index (χ0v) is 9.51. The minimum Gasteiger partial charge on any atom is -0.232 e. The molecule has 0 aliphatic carbocycles. The van der Waals surface area contributed by atoms with Crippen molar-refractivity contribution in [1.29, 1.82) is 0 Å². The lowest BCUT2D eigenvalue weighted by atomic mass is 10.7. The second-order valence-corrected chi connectivity index (χ2v) is 9.18. The molecule has 0 radical (unpaired) electrons. The van der Waals surface area contributed by atoms with Crippen LogP contribution in [-0.4, -0.2) is 18.0 Å². The summed E-state index contributed by atoms with van der Waals surface area (Å²) in [4.78, 5) is 8.29. The van der Waals surface area contributed by atoms with Crippen LogP contribution in [0.15, 0.2) is 17.0 Å². The molecule has 0 aromatic carbocycles. The van der Waals surface area contributed by atoms with E-state index in [2.05, 4.69) is 45.5 Å². The van der Waals surface area contributed by atoms with Crippen LogP contribution < -0.4 is 5.32 Å². The fourth-order valence-corrected chi connectivity index (χ4v) is 2.24. The molecule has 1 heterocycles. The highest BCUT2D eigenvalue weighted by atomic mass is 79.9. The first-order chi connectivity index (χ1) is 5.00. The van der Waals surface area contributed by atoms with Gasteiger partial charge in [-0.05, 0) is 22.0 Å². The van der Waals surface area contributed by atoms with E-state index >= 15 is 0 Å². The summed E-state index contributed by atoms with van der Waals surface area (Å²) in [5, 5.41) is 1.19. The molecular weight excluding hydrogens is 220 g/mol. The molecule has 0 N–H and O–H groups in total. The topological polar surface area (TPSA) is 25.8 Å². The number of rotatable bonds is 1. The fraction of sp³-hybridized carbons (Fsp3) is 0.429. The van der Waals surface area contributed by atoms with Crippen LogP contribution in [0, 0.1) is 0 Å². The summed E-state index contributed by atoms with van der Waals surface area (Å²) in [6, 6.07) is 2.00. The molecule has 0 saturated heterocycles. The molecule has 0 spiro atoms. The van der Waals surface area contributed by atoms with Crippen LogP contribution in [0.4, 0.5) is 0 Å². The molecule has 0 aliphatic heterocycles. The van der Waals surface area contributed by atoms with Gasteiger partial charge in [-0.3, -0.25) is 0 Å². The van der Waals surface area contributed by atoms with Gasteiger partial charge in [-0.1, -0.05) is 19.6 Å². The summed E-state index contributed by atoms with van der Waals surface area (Å²) in [5.41, 5.74) is 0. The Labute approximate surface area is 76.2 Å². The van der Waals surface area contributed by atoms with Gasteiger partial charge in [0.15, 0.2) is 4.73 Å². The van der Waals surface area contributed by atoms with E-state index in [9.17, 15) is 0 Å². The third-order valence-electron chi connectivity index (χ3n) is 1.39. The van der Waals surface area contributed by atoms with Crippen molar-refractivity contribution in [1.82, 2.24) is 9.97 Å². The first-order valence-corrected chi connectivity index (χ1v) is 7.78. The van der Waals surface area contributed by atoms with Crippen molar-refractivity contribution >= 4 is 29.3 Å². The molecule has 11 heavy (non-hydrogen) atoms. The van der Waals surface area contributed by atoms with E-state index in [1.54, 1.807) is 6.20 Å². The lowest BCUT2D eigenvalue weighted by molar-refractivity contribution is 1.13. The summed E-state index contributed by atoms with van der Waals surface area (Å²) < 4.78 is 0.692. The largest absolute Gasteiger partial charge is 0.232 e. The van der Waals surface area contributed by atoms with E-state index in [0.29, 0.717) is 4.73 Å². The molecule has 2 nitrogen and oxygen atoms in total. The minimum absolute atomic E-state index is 0.692. The van der Waals surface area contributed by atoms with Crippen LogP contribution in [0.5, 0.6) is 0 Å². The molecule has 4 heteroatoms. The minimum atomic E-state index is -1.25. The third-order valence-corrected chi connectivity index (χ3v) is 3.59. The summed E-state index contributed by atoms with van der Waals surface area (Å²) in [7, 11) is -1.25. The van der Waals surface area contributed by atoms with E-state index in [0.717, 1.165) is 0 Å². The van der Waals surface area contributed by atoms with E-state index < -0.39 is 8.07 Å². The summed E-state index contributed by atoms with van der Waals surface area (Å²) in [5.74, 6) is 0. The second kappa shape index (κ2) is 3.03. The lowest BCUT2D eigenvalue weighted by Gasteiger charge is -2.14. The average Bonchev–Trinajstić information content (AvgIpc) is 1.86. The van der Waals surface area contributed by atoms with Gasteiger partial charge in [-0.15, -0.1) is 0 Å². The molecule has 0 aliphatic rings. The fourth-order valence-electron chi connectivity index (χ4n) is 0.753. The first-order valence-electron chi connectivity index (χ1n) is 3.49. The average molecular weight is 231 g/mol. The van der Waals surface area contributed by atoms with Crippen molar-refractivity contribution in [3.63, 3.8) is 0 Å². The first kappa shape index (κ1) is 8.87. The lowest BCUT2D eigenvalue weighted by Crippen LogP contribution is -2.40. The number of hydrogen-bond acceptors (Lipinski definition) is 2. The molecule has 60 valence electrons. The Bertz CT molecular complexity index is 257. The molecule has 1 aromatic rings. The van der Waals surface area contributed by atoms with Gasteiger partial charge < -0.3 is 0 Å². The Hall–Kier alpha value is -0.223. The molecule has 0 bridgehead atoms. The van der Waals surface area contributed by atoms with Crippen LogP contribution in [0.1, 0.15) is 0 Å². The number of hydrogen-bond donors (Lipinski definition) is 0. The van der Waals surface area contributed by atoms with Crippen LogP contribution in [0.2, 0.25) is 19.6 Å². The van der Waals surface area contributed by atoms with Crippen molar-refractivity contribution in [3.8, 4) is 0 Å². The molecular formula is C7H11BrN2Si. The Balaban J connectivity index is 3.06. The van der Waals surface area contributed by atoms with Gasteiger partial charge >= 0.3 is 0 Å². The normalized spacial score (nSPS) is 11.6. The van der Waals surface area contributed by atoms with Gasteiger partial charge in [0, 0.05) is 11.5 Å². The summed E-state index contributed by atoms with van der Waals surface area (Å²) >= 11 is 3.25. The maximum absolute atomic E-state index is 4.31.